The molecule has 0 bridgehead atoms. The van der Waals surface area contributed by atoms with Crippen molar-refractivity contribution < 1.29 is 23.8 Å². The maximum Gasteiger partial charge on any atom is 0.311 e. The third-order valence-electron chi connectivity index (χ3n) is 2.58. The molecule has 0 radical (unpaired) electrons. The van der Waals surface area contributed by atoms with Crippen LogP contribution >= 0.6 is 15.9 Å². The van der Waals surface area contributed by atoms with Crippen molar-refractivity contribution >= 4 is 27.8 Å². The van der Waals surface area contributed by atoms with Crippen LogP contribution in [0, 0.1) is 5.92 Å². The first-order valence-corrected chi connectivity index (χ1v) is 5.73. The maximum atomic E-state index is 11.8. The van der Waals surface area contributed by atoms with Crippen LogP contribution in [0.2, 0.25) is 0 Å². The Morgan fingerprint density at radius 1 is 1.47 bits per heavy atom. The minimum absolute atomic E-state index is 0.118. The molecule has 1 aliphatic heterocycles. The Balaban J connectivity index is 2.04. The van der Waals surface area contributed by atoms with Gasteiger partial charge in [0.1, 0.15) is 5.92 Å². The third kappa shape index (κ3) is 2.50. The second kappa shape index (κ2) is 4.89. The zero-order chi connectivity index (χ0) is 12.4. The van der Waals surface area contributed by atoms with Crippen molar-refractivity contribution in [2.24, 2.45) is 5.92 Å². The standard InChI is InChI=1S/C10H10BrNO5/c11-8-5(1-2-17-8)9(13)12-7-4-16-3-6(7)10(14)15/h1-2,6-7H,3-4H2,(H,12,13)(H,14,15). The molecule has 2 unspecified atom stereocenters. The first-order valence-electron chi connectivity index (χ1n) is 4.94. The van der Waals surface area contributed by atoms with Gasteiger partial charge in [0.2, 0.25) is 0 Å². The summed E-state index contributed by atoms with van der Waals surface area (Å²) in [5.41, 5.74) is 0.334. The van der Waals surface area contributed by atoms with Crippen molar-refractivity contribution in [1.82, 2.24) is 5.32 Å². The summed E-state index contributed by atoms with van der Waals surface area (Å²) >= 11 is 3.09. The summed E-state index contributed by atoms with van der Waals surface area (Å²) in [5, 5.41) is 11.5. The number of carbonyl (C=O) groups excluding carboxylic acids is 1. The first-order chi connectivity index (χ1) is 8.09. The second-order valence-corrected chi connectivity index (χ2v) is 4.39. The number of nitrogens with one attached hydrogen (secondary N) is 1. The van der Waals surface area contributed by atoms with Gasteiger partial charge >= 0.3 is 5.97 Å². The van der Waals surface area contributed by atoms with Crippen molar-refractivity contribution in [2.75, 3.05) is 13.2 Å². The molecule has 0 aromatic carbocycles. The molecule has 17 heavy (non-hydrogen) atoms. The van der Waals surface area contributed by atoms with Gasteiger partial charge in [-0.2, -0.15) is 0 Å². The highest BCUT2D eigenvalue weighted by Crippen LogP contribution is 2.19. The molecule has 0 spiro atoms. The lowest BCUT2D eigenvalue weighted by molar-refractivity contribution is -0.142. The third-order valence-corrected chi connectivity index (χ3v) is 3.19. The van der Waals surface area contributed by atoms with Crippen molar-refractivity contribution in [3.05, 3.63) is 22.6 Å². The summed E-state index contributed by atoms with van der Waals surface area (Å²) in [7, 11) is 0. The highest BCUT2D eigenvalue weighted by Gasteiger charge is 2.35. The Kier molecular flexibility index (Phi) is 3.49. The number of carboxylic acid groups (broad SMARTS) is 1. The van der Waals surface area contributed by atoms with E-state index in [1.54, 1.807) is 0 Å². The number of halogens is 1. The number of ether oxygens (including phenoxy) is 1. The normalized spacial score (nSPS) is 23.6. The van der Waals surface area contributed by atoms with Gasteiger partial charge in [-0.05, 0) is 22.0 Å². The largest absolute Gasteiger partial charge is 0.481 e. The molecule has 2 rings (SSSR count). The van der Waals surface area contributed by atoms with Crippen molar-refractivity contribution in [1.29, 1.82) is 0 Å². The molecule has 92 valence electrons. The quantitative estimate of drug-likeness (QED) is 0.865. The smallest absolute Gasteiger partial charge is 0.311 e. The van der Waals surface area contributed by atoms with E-state index < -0.39 is 17.9 Å². The van der Waals surface area contributed by atoms with Gasteiger partial charge in [-0.15, -0.1) is 0 Å². The van der Waals surface area contributed by atoms with E-state index in [1.807, 2.05) is 0 Å². The van der Waals surface area contributed by atoms with Gasteiger partial charge < -0.3 is 19.6 Å². The second-order valence-electron chi connectivity index (χ2n) is 3.67. The number of rotatable bonds is 3. The SMILES string of the molecule is O=C(NC1COCC1C(=O)O)c1ccoc1Br. The van der Waals surface area contributed by atoms with E-state index in [0.29, 0.717) is 10.2 Å². The van der Waals surface area contributed by atoms with Gasteiger partial charge in [0.05, 0.1) is 31.1 Å². The Morgan fingerprint density at radius 3 is 2.82 bits per heavy atom. The summed E-state index contributed by atoms with van der Waals surface area (Å²) in [5.74, 6) is -2.06. The Hall–Kier alpha value is -1.34. The van der Waals surface area contributed by atoms with Crippen LogP contribution in [0.5, 0.6) is 0 Å². The molecule has 0 aliphatic carbocycles. The lowest BCUT2D eigenvalue weighted by Crippen LogP contribution is -2.42. The van der Waals surface area contributed by atoms with Crippen LogP contribution < -0.4 is 5.32 Å². The van der Waals surface area contributed by atoms with Gasteiger partial charge in [-0.3, -0.25) is 9.59 Å². The number of furan rings is 1. The maximum absolute atomic E-state index is 11.8. The molecule has 1 aromatic heterocycles. The lowest BCUT2D eigenvalue weighted by atomic mass is 10.0. The Morgan fingerprint density at radius 2 is 2.24 bits per heavy atom. The topological polar surface area (TPSA) is 88.8 Å². The number of amides is 1. The van der Waals surface area contributed by atoms with E-state index >= 15 is 0 Å². The van der Waals surface area contributed by atoms with Gasteiger partial charge in [0.15, 0.2) is 4.67 Å². The highest BCUT2D eigenvalue weighted by molar-refractivity contribution is 9.10. The molecule has 1 amide bonds. The zero-order valence-corrected chi connectivity index (χ0v) is 10.3. The van der Waals surface area contributed by atoms with Crippen molar-refractivity contribution in [3.63, 3.8) is 0 Å². The fourth-order valence-corrected chi connectivity index (χ4v) is 2.06. The summed E-state index contributed by atoms with van der Waals surface area (Å²) in [6.07, 6.45) is 1.37. The molecule has 1 fully saturated rings. The van der Waals surface area contributed by atoms with E-state index in [2.05, 4.69) is 21.2 Å². The summed E-state index contributed by atoms with van der Waals surface area (Å²) in [4.78, 5) is 22.7. The molecular weight excluding hydrogens is 294 g/mol. The molecule has 2 atom stereocenters. The summed E-state index contributed by atoms with van der Waals surface area (Å²) < 4.78 is 10.3. The molecule has 2 heterocycles. The highest BCUT2D eigenvalue weighted by atomic mass is 79.9. The van der Waals surface area contributed by atoms with E-state index in [9.17, 15) is 9.59 Å². The van der Waals surface area contributed by atoms with Crippen LogP contribution in [0.3, 0.4) is 0 Å². The summed E-state index contributed by atoms with van der Waals surface area (Å²) in [6.45, 7) is 0.324. The number of carboxylic acids is 1. The van der Waals surface area contributed by atoms with Crippen LogP contribution in [-0.2, 0) is 9.53 Å². The molecule has 2 N–H and O–H groups in total. The zero-order valence-electron chi connectivity index (χ0n) is 8.68. The van der Waals surface area contributed by atoms with E-state index in [-0.39, 0.29) is 19.1 Å². The predicted molar refractivity (Wildman–Crippen MR) is 59.6 cm³/mol. The average molecular weight is 304 g/mol. The van der Waals surface area contributed by atoms with Crippen LogP contribution in [0.25, 0.3) is 0 Å². The molecule has 7 heteroatoms. The molecule has 6 nitrogen and oxygen atoms in total. The van der Waals surface area contributed by atoms with Gasteiger partial charge in [-0.1, -0.05) is 0 Å². The van der Waals surface area contributed by atoms with Crippen LogP contribution in [0.1, 0.15) is 10.4 Å². The number of hydrogen-bond donors (Lipinski definition) is 2. The minimum Gasteiger partial charge on any atom is -0.481 e. The monoisotopic (exact) mass is 303 g/mol. The predicted octanol–water partition coefficient (Wildman–Crippen LogP) is 0.871. The van der Waals surface area contributed by atoms with E-state index in [0.717, 1.165) is 0 Å². The van der Waals surface area contributed by atoms with Crippen molar-refractivity contribution in [3.8, 4) is 0 Å². The van der Waals surface area contributed by atoms with Crippen LogP contribution in [-0.4, -0.2) is 36.2 Å². The van der Waals surface area contributed by atoms with E-state index in [1.165, 1.54) is 12.3 Å². The van der Waals surface area contributed by atoms with Gasteiger partial charge in [0.25, 0.3) is 5.91 Å². The molecule has 1 aliphatic rings. The molecular formula is C10H10BrNO5. The minimum atomic E-state index is -0.973. The fourth-order valence-electron chi connectivity index (χ4n) is 1.64. The van der Waals surface area contributed by atoms with Crippen LogP contribution in [0.4, 0.5) is 0 Å². The summed E-state index contributed by atoms with van der Waals surface area (Å²) in [6, 6.07) is 0.993. The van der Waals surface area contributed by atoms with E-state index in [4.69, 9.17) is 14.3 Å². The molecule has 1 saturated heterocycles. The fraction of sp³-hybridized carbons (Fsp3) is 0.400. The van der Waals surface area contributed by atoms with Crippen molar-refractivity contribution in [2.45, 2.75) is 6.04 Å². The van der Waals surface area contributed by atoms with Gasteiger partial charge in [0, 0.05) is 0 Å². The van der Waals surface area contributed by atoms with Crippen LogP contribution in [0.15, 0.2) is 21.4 Å². The lowest BCUT2D eigenvalue weighted by Gasteiger charge is -2.14. The Labute approximate surface area is 105 Å². The number of aliphatic carboxylic acids is 1. The molecule has 0 saturated carbocycles. The molecule has 1 aromatic rings. The Bertz CT molecular complexity index is 444. The van der Waals surface area contributed by atoms with Gasteiger partial charge in [-0.25, -0.2) is 0 Å². The number of hydrogen-bond acceptors (Lipinski definition) is 4. The average Bonchev–Trinajstić information content (AvgIpc) is 2.86. The first kappa shape index (κ1) is 12.1. The number of carbonyl (C=O) groups is 2.